The maximum Gasteiger partial charge on any atom is 0.187 e. The number of allylic oxidation sites excluding steroid dienone is 1. The molecule has 3 nitrogen and oxygen atoms in total. The molecule has 0 radical (unpaired) electrons. The van der Waals surface area contributed by atoms with Crippen molar-refractivity contribution in [3.8, 4) is 0 Å². The standard InChI is InChI=1S/C18H30O3/c1-2-3-4-5-6-7-8-9-10-11-14-18(21)15-16(19)12-13-17(18)20/h12-13,21H,2-11,14-15H2,1H3. The fraction of sp³-hybridized carbons (Fsp3) is 0.778. The lowest BCUT2D eigenvalue weighted by atomic mass is 9.83. The van der Waals surface area contributed by atoms with Gasteiger partial charge in [0, 0.05) is 6.42 Å². The smallest absolute Gasteiger partial charge is 0.187 e. The first-order valence-corrected chi connectivity index (χ1v) is 8.56. The third-order valence-electron chi connectivity index (χ3n) is 4.29. The Balaban J connectivity index is 2.02. The lowest BCUT2D eigenvalue weighted by Crippen LogP contribution is -2.41. The van der Waals surface area contributed by atoms with E-state index in [1.165, 1.54) is 57.1 Å². The third-order valence-corrected chi connectivity index (χ3v) is 4.29. The molecule has 3 heteroatoms. The van der Waals surface area contributed by atoms with Crippen molar-refractivity contribution >= 4 is 11.6 Å². The summed E-state index contributed by atoms with van der Waals surface area (Å²) in [4.78, 5) is 23.0. The monoisotopic (exact) mass is 294 g/mol. The SMILES string of the molecule is CCCCCCCCCCCCC1(O)CC(=O)C=CC1=O. The summed E-state index contributed by atoms with van der Waals surface area (Å²) in [5, 5.41) is 10.2. The van der Waals surface area contributed by atoms with Crippen LogP contribution in [0.5, 0.6) is 0 Å². The van der Waals surface area contributed by atoms with E-state index in [0.29, 0.717) is 6.42 Å². The highest BCUT2D eigenvalue weighted by molar-refractivity contribution is 6.09. The zero-order valence-corrected chi connectivity index (χ0v) is 13.4. The Kier molecular flexibility index (Phi) is 8.51. The number of ketones is 2. The van der Waals surface area contributed by atoms with E-state index >= 15 is 0 Å². The van der Waals surface area contributed by atoms with E-state index in [0.717, 1.165) is 19.3 Å². The van der Waals surface area contributed by atoms with E-state index in [9.17, 15) is 14.7 Å². The molecule has 0 saturated carbocycles. The van der Waals surface area contributed by atoms with Crippen LogP contribution in [-0.4, -0.2) is 22.3 Å². The molecule has 0 amide bonds. The maximum atomic E-state index is 11.7. The van der Waals surface area contributed by atoms with Gasteiger partial charge in [-0.25, -0.2) is 0 Å². The zero-order valence-electron chi connectivity index (χ0n) is 13.4. The Bertz CT molecular complexity index is 359. The van der Waals surface area contributed by atoms with Crippen molar-refractivity contribution in [3.63, 3.8) is 0 Å². The van der Waals surface area contributed by atoms with Gasteiger partial charge in [0.25, 0.3) is 0 Å². The van der Waals surface area contributed by atoms with Crippen molar-refractivity contribution in [2.75, 3.05) is 0 Å². The lowest BCUT2D eigenvalue weighted by Gasteiger charge is -2.26. The predicted molar refractivity (Wildman–Crippen MR) is 85.2 cm³/mol. The molecular formula is C18H30O3. The van der Waals surface area contributed by atoms with Gasteiger partial charge in [-0.3, -0.25) is 9.59 Å². The maximum absolute atomic E-state index is 11.7. The van der Waals surface area contributed by atoms with Crippen LogP contribution in [0.4, 0.5) is 0 Å². The molecule has 1 N–H and O–H groups in total. The number of carbonyl (C=O) groups is 2. The number of rotatable bonds is 11. The molecule has 0 aromatic rings. The van der Waals surface area contributed by atoms with Crippen molar-refractivity contribution in [1.29, 1.82) is 0 Å². The average molecular weight is 294 g/mol. The molecule has 1 unspecified atom stereocenters. The molecule has 0 spiro atoms. The van der Waals surface area contributed by atoms with Crippen LogP contribution in [0.1, 0.15) is 84.0 Å². The molecule has 1 aliphatic rings. The van der Waals surface area contributed by atoms with Crippen LogP contribution in [0, 0.1) is 0 Å². The van der Waals surface area contributed by atoms with Crippen LogP contribution in [0.3, 0.4) is 0 Å². The highest BCUT2D eigenvalue weighted by Gasteiger charge is 2.37. The van der Waals surface area contributed by atoms with Gasteiger partial charge in [0.1, 0.15) is 5.60 Å². The summed E-state index contributed by atoms with van der Waals surface area (Å²) in [5.74, 6) is -0.456. The normalized spacial score (nSPS) is 22.0. The van der Waals surface area contributed by atoms with Gasteiger partial charge in [-0.2, -0.15) is 0 Å². The Morgan fingerprint density at radius 1 is 0.905 bits per heavy atom. The van der Waals surface area contributed by atoms with E-state index in [2.05, 4.69) is 6.92 Å². The van der Waals surface area contributed by atoms with Crippen molar-refractivity contribution in [1.82, 2.24) is 0 Å². The minimum absolute atomic E-state index is 0.0419. The van der Waals surface area contributed by atoms with Crippen molar-refractivity contribution < 1.29 is 14.7 Å². The quantitative estimate of drug-likeness (QED) is 0.583. The van der Waals surface area contributed by atoms with Crippen LogP contribution in [-0.2, 0) is 9.59 Å². The molecule has 1 atom stereocenters. The molecule has 0 aromatic carbocycles. The summed E-state index contributed by atoms with van der Waals surface area (Å²) < 4.78 is 0. The Morgan fingerprint density at radius 2 is 1.43 bits per heavy atom. The number of unbranched alkanes of at least 4 members (excludes halogenated alkanes) is 9. The summed E-state index contributed by atoms with van der Waals surface area (Å²) in [6.45, 7) is 2.23. The van der Waals surface area contributed by atoms with E-state index in [1.54, 1.807) is 0 Å². The Hall–Kier alpha value is -0.960. The molecule has 120 valence electrons. The van der Waals surface area contributed by atoms with Crippen molar-refractivity contribution in [2.24, 2.45) is 0 Å². The van der Waals surface area contributed by atoms with Gasteiger partial charge >= 0.3 is 0 Å². The minimum Gasteiger partial charge on any atom is -0.381 e. The summed E-state index contributed by atoms with van der Waals surface area (Å²) in [6, 6.07) is 0. The summed E-state index contributed by atoms with van der Waals surface area (Å²) >= 11 is 0. The van der Waals surface area contributed by atoms with Crippen molar-refractivity contribution in [3.05, 3.63) is 12.2 Å². The highest BCUT2D eigenvalue weighted by Crippen LogP contribution is 2.25. The van der Waals surface area contributed by atoms with Crippen LogP contribution in [0.25, 0.3) is 0 Å². The summed E-state index contributed by atoms with van der Waals surface area (Å²) in [7, 11) is 0. The van der Waals surface area contributed by atoms with Crippen LogP contribution < -0.4 is 0 Å². The molecule has 1 rings (SSSR count). The van der Waals surface area contributed by atoms with Gasteiger partial charge in [0.2, 0.25) is 0 Å². The first-order valence-electron chi connectivity index (χ1n) is 8.56. The zero-order chi connectivity index (χ0) is 15.6. The van der Waals surface area contributed by atoms with Crippen LogP contribution in [0.2, 0.25) is 0 Å². The molecule has 0 heterocycles. The van der Waals surface area contributed by atoms with Gasteiger partial charge in [-0.1, -0.05) is 71.1 Å². The van der Waals surface area contributed by atoms with E-state index < -0.39 is 5.60 Å². The summed E-state index contributed by atoms with van der Waals surface area (Å²) in [6.07, 6.45) is 15.1. The average Bonchev–Trinajstić information content (AvgIpc) is 2.45. The largest absolute Gasteiger partial charge is 0.381 e. The Labute approximate surface area is 128 Å². The number of hydrogen-bond donors (Lipinski definition) is 1. The second-order valence-electron chi connectivity index (χ2n) is 6.30. The van der Waals surface area contributed by atoms with Gasteiger partial charge < -0.3 is 5.11 Å². The Morgan fingerprint density at radius 3 is 2.00 bits per heavy atom. The molecule has 0 fully saturated rings. The first-order chi connectivity index (χ1) is 10.1. The molecule has 0 aromatic heterocycles. The van der Waals surface area contributed by atoms with E-state index in [1.807, 2.05) is 0 Å². The molecular weight excluding hydrogens is 264 g/mol. The fourth-order valence-corrected chi connectivity index (χ4v) is 2.87. The number of carbonyl (C=O) groups excluding carboxylic acids is 2. The molecule has 0 saturated heterocycles. The molecule has 1 aliphatic carbocycles. The highest BCUT2D eigenvalue weighted by atomic mass is 16.3. The minimum atomic E-state index is -1.42. The lowest BCUT2D eigenvalue weighted by molar-refractivity contribution is -0.139. The van der Waals surface area contributed by atoms with E-state index in [-0.39, 0.29) is 18.0 Å². The van der Waals surface area contributed by atoms with E-state index in [4.69, 9.17) is 0 Å². The van der Waals surface area contributed by atoms with Crippen LogP contribution >= 0.6 is 0 Å². The molecule has 21 heavy (non-hydrogen) atoms. The van der Waals surface area contributed by atoms with Gasteiger partial charge in [-0.15, -0.1) is 0 Å². The third kappa shape index (κ3) is 7.03. The fourth-order valence-electron chi connectivity index (χ4n) is 2.87. The molecule has 0 bridgehead atoms. The topological polar surface area (TPSA) is 54.4 Å². The second-order valence-corrected chi connectivity index (χ2v) is 6.30. The second kappa shape index (κ2) is 9.88. The number of aliphatic hydroxyl groups is 1. The van der Waals surface area contributed by atoms with Gasteiger partial charge in [-0.05, 0) is 18.6 Å². The van der Waals surface area contributed by atoms with Crippen LogP contribution in [0.15, 0.2) is 12.2 Å². The summed E-state index contributed by atoms with van der Waals surface area (Å²) in [5.41, 5.74) is -1.42. The number of hydrogen-bond acceptors (Lipinski definition) is 3. The van der Waals surface area contributed by atoms with Crippen molar-refractivity contribution in [2.45, 2.75) is 89.6 Å². The van der Waals surface area contributed by atoms with Gasteiger partial charge in [0.15, 0.2) is 11.6 Å². The first kappa shape index (κ1) is 18.1. The predicted octanol–water partition coefficient (Wildman–Crippen LogP) is 4.13. The molecule has 0 aliphatic heterocycles. The van der Waals surface area contributed by atoms with Gasteiger partial charge in [0.05, 0.1) is 0 Å².